The zero-order chi connectivity index (χ0) is 13.4. The molecule has 3 rings (SSSR count). The van der Waals surface area contributed by atoms with Gasteiger partial charge in [-0.15, -0.1) is 0 Å². The van der Waals surface area contributed by atoms with Crippen molar-refractivity contribution in [2.45, 2.75) is 9.92 Å². The Balaban J connectivity index is 2.03. The molecule has 2 heterocycles. The zero-order valence-electron chi connectivity index (χ0n) is 9.30. The average molecular weight is 280 g/mol. The van der Waals surface area contributed by atoms with Crippen LogP contribution in [0.2, 0.25) is 0 Å². The first kappa shape index (κ1) is 11.8. The van der Waals surface area contributed by atoms with Crippen molar-refractivity contribution in [2.75, 3.05) is 0 Å². The maximum absolute atomic E-state index is 13.5. The average Bonchev–Trinajstić information content (AvgIpc) is 2.77. The van der Waals surface area contributed by atoms with Crippen LogP contribution in [0.15, 0.2) is 45.0 Å². The van der Waals surface area contributed by atoms with Crippen molar-refractivity contribution < 1.29 is 8.78 Å². The largest absolute Gasteiger partial charge is 0.364 e. The van der Waals surface area contributed by atoms with Gasteiger partial charge in [-0.2, -0.15) is 14.7 Å². The van der Waals surface area contributed by atoms with E-state index in [1.54, 1.807) is 12.1 Å². The molecule has 0 atom stereocenters. The topological polar surface area (TPSA) is 63.0 Å². The molecule has 19 heavy (non-hydrogen) atoms. The number of hydrogen-bond acceptors (Lipinski definition) is 4. The molecule has 3 aromatic rings. The molecule has 0 aliphatic carbocycles. The minimum atomic E-state index is -0.936. The molecule has 0 saturated carbocycles. The van der Waals surface area contributed by atoms with E-state index in [2.05, 4.69) is 15.3 Å². The number of nitrogens with zero attached hydrogens (tertiary/aromatic N) is 3. The molecule has 0 amide bonds. The van der Waals surface area contributed by atoms with Gasteiger partial charge in [0.05, 0.1) is 4.90 Å². The van der Waals surface area contributed by atoms with Crippen molar-refractivity contribution in [3.8, 4) is 0 Å². The van der Waals surface area contributed by atoms with Gasteiger partial charge in [0, 0.05) is 0 Å². The normalized spacial score (nSPS) is 11.1. The van der Waals surface area contributed by atoms with E-state index in [1.807, 2.05) is 0 Å². The summed E-state index contributed by atoms with van der Waals surface area (Å²) < 4.78 is 27.6. The second-order valence-corrected chi connectivity index (χ2v) is 4.69. The Morgan fingerprint density at radius 2 is 2.05 bits per heavy atom. The molecule has 1 N–H and O–H groups in total. The number of nitrogens with one attached hydrogen (secondary N) is 1. The fraction of sp³-hybridized carbons (Fsp3) is 0. The van der Waals surface area contributed by atoms with Gasteiger partial charge in [-0.05, 0) is 24.3 Å². The predicted molar refractivity (Wildman–Crippen MR) is 64.1 cm³/mol. The van der Waals surface area contributed by atoms with Crippen molar-refractivity contribution in [3.63, 3.8) is 0 Å². The smallest absolute Gasteiger partial charge is 0.244 e. The van der Waals surface area contributed by atoms with E-state index >= 15 is 0 Å². The van der Waals surface area contributed by atoms with Crippen LogP contribution in [0.4, 0.5) is 8.78 Å². The van der Waals surface area contributed by atoms with Crippen molar-refractivity contribution in [2.24, 2.45) is 0 Å². The number of benzene rings is 1. The van der Waals surface area contributed by atoms with Crippen LogP contribution in [0.5, 0.6) is 0 Å². The maximum Gasteiger partial charge on any atom is 0.364 e. The quantitative estimate of drug-likeness (QED) is 0.778. The van der Waals surface area contributed by atoms with Gasteiger partial charge in [0.1, 0.15) is 5.03 Å². The van der Waals surface area contributed by atoms with E-state index in [4.69, 9.17) is 0 Å². The molecule has 1 aromatic carbocycles. The number of halogens is 2. The minimum Gasteiger partial charge on any atom is -0.244 e. The van der Waals surface area contributed by atoms with E-state index in [-0.39, 0.29) is 4.90 Å². The van der Waals surface area contributed by atoms with E-state index in [0.717, 1.165) is 22.3 Å². The maximum atomic E-state index is 13.5. The summed E-state index contributed by atoms with van der Waals surface area (Å²) >= 11 is 0.928. The van der Waals surface area contributed by atoms with Gasteiger partial charge in [-0.1, -0.05) is 17.8 Å². The number of hydrogen-bond donors (Lipinski definition) is 1. The highest BCUT2D eigenvalue weighted by Gasteiger charge is 2.11. The predicted octanol–water partition coefficient (Wildman–Crippen LogP) is 1.85. The lowest BCUT2D eigenvalue weighted by Crippen LogP contribution is -2.12. The Morgan fingerprint density at radius 3 is 2.89 bits per heavy atom. The number of fused-ring (bicyclic) bond motifs is 1. The summed E-state index contributed by atoms with van der Waals surface area (Å²) in [6.07, 6.45) is 0. The van der Waals surface area contributed by atoms with Crippen molar-refractivity contribution in [3.05, 3.63) is 52.5 Å². The van der Waals surface area contributed by atoms with E-state index in [1.165, 1.54) is 12.1 Å². The Hall–Kier alpha value is -2.22. The molecule has 0 saturated heterocycles. The lowest BCUT2D eigenvalue weighted by atomic mass is 10.3. The van der Waals surface area contributed by atoms with Gasteiger partial charge in [-0.3, -0.25) is 0 Å². The number of H-pyrrole nitrogens is 1. The molecule has 96 valence electrons. The minimum absolute atomic E-state index is 0.100. The van der Waals surface area contributed by atoms with Crippen molar-refractivity contribution in [1.29, 1.82) is 0 Å². The highest BCUT2D eigenvalue weighted by Crippen LogP contribution is 2.29. The van der Waals surface area contributed by atoms with Gasteiger partial charge >= 0.3 is 5.69 Å². The first-order chi connectivity index (χ1) is 9.15. The summed E-state index contributed by atoms with van der Waals surface area (Å²) in [5.41, 5.74) is -0.133. The highest BCUT2D eigenvalue weighted by atomic mass is 32.2. The van der Waals surface area contributed by atoms with Gasteiger partial charge < -0.3 is 0 Å². The molecular weight excluding hydrogens is 274 g/mol. The molecule has 0 aliphatic rings. The summed E-state index contributed by atoms with van der Waals surface area (Å²) in [5.74, 6) is -1.86. The van der Waals surface area contributed by atoms with E-state index in [0.29, 0.717) is 10.7 Å². The van der Waals surface area contributed by atoms with Crippen LogP contribution in [-0.2, 0) is 0 Å². The molecule has 2 aromatic heterocycles. The van der Waals surface area contributed by atoms with Gasteiger partial charge in [-0.25, -0.2) is 18.7 Å². The standard InChI is InChI=1S/C11H6F2N4OS/c12-6-2-1-3-7(10(6)13)19-9-5-4-8-14-15-11(18)17(8)16-9/h1-5H,(H,15,18). The molecule has 5 nitrogen and oxygen atoms in total. The zero-order valence-corrected chi connectivity index (χ0v) is 10.1. The SMILES string of the molecule is O=c1[nH]nc2ccc(Sc3cccc(F)c3F)nn12. The molecule has 8 heteroatoms. The van der Waals surface area contributed by atoms with Crippen LogP contribution < -0.4 is 5.69 Å². The number of aromatic amines is 1. The lowest BCUT2D eigenvalue weighted by molar-refractivity contribution is 0.491. The first-order valence-corrected chi connectivity index (χ1v) is 6.03. The lowest BCUT2D eigenvalue weighted by Gasteiger charge is -2.02. The van der Waals surface area contributed by atoms with Gasteiger partial charge in [0.15, 0.2) is 17.3 Å². The third-order valence-corrected chi connectivity index (χ3v) is 3.34. The summed E-state index contributed by atoms with van der Waals surface area (Å²) in [6, 6.07) is 7.02. The molecule has 0 aliphatic heterocycles. The van der Waals surface area contributed by atoms with Crippen LogP contribution >= 0.6 is 11.8 Å². The summed E-state index contributed by atoms with van der Waals surface area (Å²) in [5, 5.41) is 10.3. The van der Waals surface area contributed by atoms with E-state index < -0.39 is 17.3 Å². The Labute approximate surface area is 109 Å². The summed E-state index contributed by atoms with van der Waals surface area (Å²) in [6.45, 7) is 0. The Bertz CT molecular complexity index is 814. The molecule has 0 fully saturated rings. The monoisotopic (exact) mass is 280 g/mol. The second-order valence-electron chi connectivity index (χ2n) is 3.62. The van der Waals surface area contributed by atoms with Crippen LogP contribution in [0.3, 0.4) is 0 Å². The van der Waals surface area contributed by atoms with Crippen LogP contribution in [0.1, 0.15) is 0 Å². The first-order valence-electron chi connectivity index (χ1n) is 5.21. The Morgan fingerprint density at radius 1 is 1.21 bits per heavy atom. The molecule has 0 radical (unpaired) electrons. The summed E-state index contributed by atoms with van der Waals surface area (Å²) in [7, 11) is 0. The number of rotatable bonds is 2. The van der Waals surface area contributed by atoms with Gasteiger partial charge in [0.25, 0.3) is 0 Å². The third-order valence-electron chi connectivity index (χ3n) is 2.38. The highest BCUT2D eigenvalue weighted by molar-refractivity contribution is 7.99. The third kappa shape index (κ3) is 2.10. The molecule has 0 bridgehead atoms. The second kappa shape index (κ2) is 4.47. The molecule has 0 spiro atoms. The van der Waals surface area contributed by atoms with Crippen LogP contribution in [0.25, 0.3) is 5.65 Å². The molecular formula is C11H6F2N4OS. The fourth-order valence-electron chi connectivity index (χ4n) is 1.52. The molecule has 0 unspecified atom stereocenters. The van der Waals surface area contributed by atoms with Crippen LogP contribution in [0, 0.1) is 11.6 Å². The van der Waals surface area contributed by atoms with Crippen molar-refractivity contribution >= 4 is 17.4 Å². The van der Waals surface area contributed by atoms with Crippen molar-refractivity contribution in [1.82, 2.24) is 19.8 Å². The Kier molecular flexibility index (Phi) is 2.79. The van der Waals surface area contributed by atoms with E-state index in [9.17, 15) is 13.6 Å². The van der Waals surface area contributed by atoms with Gasteiger partial charge in [0.2, 0.25) is 0 Å². The number of aromatic nitrogens is 4. The van der Waals surface area contributed by atoms with Crippen LogP contribution in [-0.4, -0.2) is 19.8 Å². The summed E-state index contributed by atoms with van der Waals surface area (Å²) in [4.78, 5) is 11.4. The fourth-order valence-corrected chi connectivity index (χ4v) is 2.33.